The van der Waals surface area contributed by atoms with Gasteiger partial charge in [0, 0.05) is 71.6 Å². The van der Waals surface area contributed by atoms with Crippen molar-refractivity contribution in [3.05, 3.63) is 102 Å². The van der Waals surface area contributed by atoms with Gasteiger partial charge in [-0.3, -0.25) is 38.8 Å². The van der Waals surface area contributed by atoms with Gasteiger partial charge in [0.2, 0.25) is 5.91 Å². The lowest BCUT2D eigenvalue weighted by Gasteiger charge is -2.32. The Morgan fingerprint density at radius 1 is 0.575 bits per heavy atom. The Hall–Kier alpha value is -6.78. The first kappa shape index (κ1) is 64.0. The highest BCUT2D eigenvalue weighted by atomic mass is 31.2. The summed E-state index contributed by atoms with van der Waals surface area (Å²) in [4.78, 5) is 67.5. The largest absolute Gasteiger partial charge is 0.480 e. The highest BCUT2D eigenvalue weighted by molar-refractivity contribution is 7.55. The molecule has 2 amide bonds. The molecule has 0 saturated carbocycles. The number of anilines is 1. The summed E-state index contributed by atoms with van der Waals surface area (Å²) in [5.41, 5.74) is 1.88. The van der Waals surface area contributed by atoms with E-state index in [0.29, 0.717) is 77.0 Å². The van der Waals surface area contributed by atoms with Gasteiger partial charge in [-0.15, -0.1) is 5.10 Å². The van der Waals surface area contributed by atoms with Gasteiger partial charge in [-0.2, -0.15) is 0 Å². The summed E-state index contributed by atoms with van der Waals surface area (Å²) < 4.78 is 62.0. The predicted octanol–water partition coefficient (Wildman–Crippen LogP) is 2.27. The molecule has 0 radical (unpaired) electrons. The average molecular weight is 1140 g/mol. The number of hydrogen-bond acceptors (Lipinski definition) is 21. The summed E-state index contributed by atoms with van der Waals surface area (Å²) in [6, 6.07) is 24.1. The van der Waals surface area contributed by atoms with Crippen molar-refractivity contribution < 1.29 is 81.3 Å². The summed E-state index contributed by atoms with van der Waals surface area (Å²) in [6.07, 6.45) is 0.893. The van der Waals surface area contributed by atoms with Crippen molar-refractivity contribution >= 4 is 43.2 Å². The summed E-state index contributed by atoms with van der Waals surface area (Å²) in [6.45, 7) is 4.96. The van der Waals surface area contributed by atoms with Crippen molar-refractivity contribution in [2.45, 2.75) is 18.9 Å². The lowest BCUT2D eigenvalue weighted by molar-refractivity contribution is -0.140. The summed E-state index contributed by atoms with van der Waals surface area (Å²) in [7, 11) is -2.45. The number of para-hydroxylation sites is 2. The number of amides is 2. The Bertz CT molecular complexity index is 2410. The third-order valence-electron chi connectivity index (χ3n) is 11.9. The molecule has 6 N–H and O–H groups in total. The number of ether oxygens (including phenoxy) is 6. The van der Waals surface area contributed by atoms with Crippen LogP contribution in [0.5, 0.6) is 11.5 Å². The van der Waals surface area contributed by atoms with Crippen LogP contribution in [0.3, 0.4) is 0 Å². The Morgan fingerprint density at radius 2 is 1.02 bits per heavy atom. The van der Waals surface area contributed by atoms with E-state index in [2.05, 4.69) is 26.3 Å². The molecule has 80 heavy (non-hydrogen) atoms. The van der Waals surface area contributed by atoms with E-state index in [1.807, 2.05) is 4.90 Å². The van der Waals surface area contributed by atoms with Gasteiger partial charge < -0.3 is 68.7 Å². The number of carbonyl (C=O) groups is 5. The number of nitrogens with zero attached hydrogens (tertiary/aromatic N) is 7. The molecule has 28 heteroatoms. The summed E-state index contributed by atoms with van der Waals surface area (Å²) in [5.74, 6) is -4.03. The van der Waals surface area contributed by atoms with Crippen molar-refractivity contribution in [2.75, 3.05) is 164 Å². The average Bonchev–Trinajstić information content (AvgIpc) is 3.96. The number of carbonyl (C=O) groups excluding carboxylic acids is 2. The van der Waals surface area contributed by atoms with Crippen molar-refractivity contribution in [1.29, 1.82) is 0 Å². The van der Waals surface area contributed by atoms with Crippen LogP contribution in [0, 0.1) is 0 Å². The molecule has 1 unspecified atom stereocenters. The molecule has 5 rings (SSSR count). The molecule has 1 aliphatic heterocycles. The van der Waals surface area contributed by atoms with Crippen LogP contribution in [0.2, 0.25) is 0 Å². The quantitative estimate of drug-likeness (QED) is 0.0281. The molecule has 0 aliphatic carbocycles. The van der Waals surface area contributed by atoms with Gasteiger partial charge in [-0.05, 0) is 42.0 Å². The molecule has 4 aromatic rings. The van der Waals surface area contributed by atoms with Gasteiger partial charge in [0.25, 0.3) is 0 Å². The van der Waals surface area contributed by atoms with E-state index < -0.39 is 37.4 Å². The second-order valence-electron chi connectivity index (χ2n) is 18.0. The van der Waals surface area contributed by atoms with Crippen LogP contribution in [-0.4, -0.2) is 238 Å². The van der Waals surface area contributed by atoms with Crippen LogP contribution >= 0.6 is 7.60 Å². The van der Waals surface area contributed by atoms with Crippen LogP contribution in [0.15, 0.2) is 91.1 Å². The molecule has 2 heterocycles. The Balaban J connectivity index is 0.891. The minimum Gasteiger partial charge on any atom is -0.480 e. The Morgan fingerprint density at radius 3 is 1.51 bits per heavy atom. The molecule has 27 nitrogen and oxygen atoms in total. The third kappa shape index (κ3) is 26.0. The van der Waals surface area contributed by atoms with Crippen LogP contribution in [0.4, 0.5) is 10.5 Å². The van der Waals surface area contributed by atoms with Gasteiger partial charge >= 0.3 is 31.6 Å². The summed E-state index contributed by atoms with van der Waals surface area (Å²) in [5, 5.41) is 45.0. The standard InChI is InChI=1S/C52H75N10O17P/c1-53-43-14-12-42(13-15-43)51(80(71,78-45-8-4-2-5-9-45)79-46-10-6-3-7-11-46)55-52(70)77-35-34-75-32-33-76-41-44-36-62(57-56-44)25-27-73-29-31-74-30-28-72-26-16-54-47(63)37-58-17-19-59(38-48(64)65)21-23-61(40-50(68)69)24-22-60(20-18-58)39-49(66)67/h2-15,36,51,53H,16-35,37-41H2,1H3,(H,54,63)(H,55,70)(H,64,65)(H,66,67)(H,68,69). The van der Waals surface area contributed by atoms with Crippen LogP contribution in [0.25, 0.3) is 0 Å². The number of carboxylic acids is 3. The predicted molar refractivity (Wildman–Crippen MR) is 290 cm³/mol. The topological polar surface area (TPSA) is 317 Å². The van der Waals surface area contributed by atoms with Gasteiger partial charge in [-0.1, -0.05) is 53.7 Å². The van der Waals surface area contributed by atoms with Crippen molar-refractivity contribution in [2.24, 2.45) is 0 Å². The summed E-state index contributed by atoms with van der Waals surface area (Å²) >= 11 is 0. The van der Waals surface area contributed by atoms with Crippen LogP contribution in [0.1, 0.15) is 17.0 Å². The van der Waals surface area contributed by atoms with Crippen LogP contribution in [-0.2, 0) is 65.3 Å². The first-order valence-corrected chi connectivity index (χ1v) is 27.8. The number of aliphatic carboxylic acids is 3. The monoisotopic (exact) mass is 1140 g/mol. The van der Waals surface area contributed by atoms with Crippen LogP contribution < -0.4 is 25.0 Å². The molecule has 440 valence electrons. The molecule has 0 bridgehead atoms. The third-order valence-corrected chi connectivity index (χ3v) is 13.8. The van der Waals surface area contributed by atoms with E-state index in [0.717, 1.165) is 5.69 Å². The maximum absolute atomic E-state index is 14.7. The van der Waals surface area contributed by atoms with Gasteiger partial charge in [0.1, 0.15) is 23.8 Å². The first-order valence-electron chi connectivity index (χ1n) is 26.2. The van der Waals surface area contributed by atoms with Gasteiger partial charge in [0.05, 0.1) is 105 Å². The maximum Gasteiger partial charge on any atom is 0.457 e. The number of nitrogens with one attached hydrogen (secondary N) is 3. The molecule has 1 atom stereocenters. The number of rotatable bonds is 36. The van der Waals surface area contributed by atoms with E-state index in [1.54, 1.807) is 118 Å². The number of benzene rings is 3. The zero-order valence-corrected chi connectivity index (χ0v) is 45.9. The molecule has 1 aromatic heterocycles. The highest BCUT2D eigenvalue weighted by Crippen LogP contribution is 2.59. The normalized spacial score (nSPS) is 14.7. The second kappa shape index (κ2) is 36.5. The van der Waals surface area contributed by atoms with Gasteiger partial charge in [0.15, 0.2) is 5.78 Å². The minimum atomic E-state index is -4.22. The van der Waals surface area contributed by atoms with Crippen molar-refractivity contribution in [3.63, 3.8) is 0 Å². The molecule has 1 aliphatic rings. The van der Waals surface area contributed by atoms with E-state index in [4.69, 9.17) is 37.5 Å². The zero-order chi connectivity index (χ0) is 57.2. The van der Waals surface area contributed by atoms with E-state index in [-0.39, 0.29) is 116 Å². The second-order valence-corrected chi connectivity index (χ2v) is 20.0. The van der Waals surface area contributed by atoms with E-state index in [1.165, 1.54) is 0 Å². The lowest BCUT2D eigenvalue weighted by atomic mass is 10.2. The van der Waals surface area contributed by atoms with Crippen molar-refractivity contribution in [1.82, 2.24) is 45.2 Å². The molecular weight excluding hydrogens is 1070 g/mol. The fourth-order valence-corrected chi connectivity index (χ4v) is 9.70. The molecular formula is C52H75N10O17P. The Kier molecular flexibility index (Phi) is 29.2. The first-order chi connectivity index (χ1) is 38.8. The molecule has 0 spiro atoms. The van der Waals surface area contributed by atoms with Crippen molar-refractivity contribution in [3.8, 4) is 11.5 Å². The van der Waals surface area contributed by atoms with E-state index in [9.17, 15) is 43.9 Å². The smallest absolute Gasteiger partial charge is 0.457 e. The number of carboxylic acid groups (broad SMARTS) is 3. The SMILES string of the molecule is CNc1ccc(C(NC(=O)OCCOCCOCc2cn(CCOCCOCCOCCNC(=O)CN3CCN(CC(=O)O)CCN(CC(=O)O)CCN(CC(=O)O)CC3)nn2)P(=O)(Oc2ccccc2)Oc2ccccc2)cc1. The number of hydrogen-bond donors (Lipinski definition) is 6. The number of alkyl carbamates (subject to hydrolysis) is 1. The molecule has 3 aromatic carbocycles. The highest BCUT2D eigenvalue weighted by Gasteiger charge is 2.42. The fourth-order valence-electron chi connectivity index (χ4n) is 7.82. The minimum absolute atomic E-state index is 0.00933. The lowest BCUT2D eigenvalue weighted by Crippen LogP contribution is -2.50. The molecule has 1 fully saturated rings. The molecule has 1 saturated heterocycles. The van der Waals surface area contributed by atoms with E-state index >= 15 is 0 Å². The fraction of sp³-hybridized carbons (Fsp3) is 0.519. The number of aromatic nitrogens is 3. The van der Waals surface area contributed by atoms with Gasteiger partial charge in [-0.25, -0.2) is 14.0 Å². The maximum atomic E-state index is 14.7. The zero-order valence-electron chi connectivity index (χ0n) is 45.1. The Labute approximate surface area is 464 Å².